The molecule has 4 unspecified atom stereocenters. The Morgan fingerprint density at radius 1 is 0.905 bits per heavy atom. The van der Waals surface area contributed by atoms with E-state index in [1.807, 2.05) is 0 Å². The largest absolute Gasteiger partial charge is 0.350 e. The Morgan fingerprint density at radius 3 is 1.52 bits per heavy atom. The van der Waals surface area contributed by atoms with E-state index >= 15 is 0 Å². The summed E-state index contributed by atoms with van der Waals surface area (Å²) >= 11 is 25.8. The molecule has 0 spiro atoms. The van der Waals surface area contributed by atoms with E-state index in [0.29, 0.717) is 0 Å². The third-order valence-corrected chi connectivity index (χ3v) is 7.19. The van der Waals surface area contributed by atoms with Crippen molar-refractivity contribution < 1.29 is 19.1 Å². The normalized spacial score (nSPS) is 43.7. The number of carbonyl (C=O) groups excluding carboxylic acids is 2. The summed E-state index contributed by atoms with van der Waals surface area (Å²) in [5.74, 6) is -4.44. The molecule has 8 heteroatoms. The van der Waals surface area contributed by atoms with E-state index in [4.69, 9.17) is 55.9 Å². The highest BCUT2D eigenvalue weighted by Gasteiger charge is 2.87. The van der Waals surface area contributed by atoms with Crippen molar-refractivity contribution in [3.8, 4) is 0 Å². The number of rotatable bonds is 2. The molecule has 3 aliphatic rings. The molecule has 4 atom stereocenters. The average Bonchev–Trinajstić information content (AvgIpc) is 2.72. The maximum atomic E-state index is 12.3. The molecule has 3 aliphatic carbocycles. The molecule has 0 aromatic carbocycles. The second-order valence-electron chi connectivity index (χ2n) is 5.17. The maximum Gasteiger partial charge on any atom is 0.218 e. The molecular weight excluding hydrogens is 362 g/mol. The first kappa shape index (κ1) is 15.8. The van der Waals surface area contributed by atoms with Crippen LogP contribution in [0.25, 0.3) is 0 Å². The van der Waals surface area contributed by atoms with E-state index in [1.165, 1.54) is 26.4 Å². The zero-order valence-electron chi connectivity index (χ0n) is 11.0. The molecule has 4 nitrogen and oxygen atoms in total. The number of ketones is 2. The van der Waals surface area contributed by atoms with Gasteiger partial charge >= 0.3 is 0 Å². The van der Waals surface area contributed by atoms with E-state index < -0.39 is 27.4 Å². The minimum Gasteiger partial charge on any atom is -0.350 e. The summed E-state index contributed by atoms with van der Waals surface area (Å²) in [6, 6.07) is 0. The van der Waals surface area contributed by atoms with Gasteiger partial charge in [0.15, 0.2) is 11.6 Å². The Hall–Kier alpha value is -0.100. The van der Waals surface area contributed by atoms with Crippen molar-refractivity contribution in [2.45, 2.75) is 15.5 Å². The molecule has 0 aliphatic heterocycles. The first-order chi connectivity index (χ1) is 9.74. The van der Waals surface area contributed by atoms with Crippen LogP contribution in [-0.4, -0.2) is 41.3 Å². The summed E-state index contributed by atoms with van der Waals surface area (Å²) in [5, 5.41) is -0.0514. The van der Waals surface area contributed by atoms with E-state index in [9.17, 15) is 9.59 Å². The number of carbonyl (C=O) groups is 2. The predicted molar refractivity (Wildman–Crippen MR) is 78.8 cm³/mol. The molecule has 1 fully saturated rings. The van der Waals surface area contributed by atoms with Gasteiger partial charge in [0.05, 0.1) is 21.9 Å². The van der Waals surface area contributed by atoms with Gasteiger partial charge in [0.25, 0.3) is 0 Å². The molecule has 0 heterocycles. The van der Waals surface area contributed by atoms with Gasteiger partial charge in [-0.15, -0.1) is 23.2 Å². The molecule has 21 heavy (non-hydrogen) atoms. The number of halogens is 4. The smallest absolute Gasteiger partial charge is 0.218 e. The summed E-state index contributed by atoms with van der Waals surface area (Å²) in [5.41, 5.74) is 0. The van der Waals surface area contributed by atoms with Crippen molar-refractivity contribution in [1.29, 1.82) is 0 Å². The van der Waals surface area contributed by atoms with E-state index in [2.05, 4.69) is 0 Å². The van der Waals surface area contributed by atoms with Crippen molar-refractivity contribution in [3.63, 3.8) is 0 Å². The zero-order chi connectivity index (χ0) is 15.8. The fourth-order valence-electron chi connectivity index (χ4n) is 3.78. The predicted octanol–water partition coefficient (Wildman–Crippen LogP) is 2.59. The topological polar surface area (TPSA) is 52.6 Å². The lowest BCUT2D eigenvalue weighted by molar-refractivity contribution is -0.220. The van der Waals surface area contributed by atoms with Crippen molar-refractivity contribution in [2.75, 3.05) is 14.2 Å². The molecule has 0 saturated heterocycles. The van der Waals surface area contributed by atoms with Crippen LogP contribution in [0.2, 0.25) is 0 Å². The molecule has 1 saturated carbocycles. The quantitative estimate of drug-likeness (QED) is 0.553. The summed E-state index contributed by atoms with van der Waals surface area (Å²) in [7, 11) is 2.63. The number of fused-ring (bicyclic) bond motifs is 5. The van der Waals surface area contributed by atoms with Crippen LogP contribution in [-0.2, 0) is 19.1 Å². The molecule has 0 aromatic rings. The van der Waals surface area contributed by atoms with Gasteiger partial charge in [-0.05, 0) is 12.2 Å². The van der Waals surface area contributed by atoms with Crippen LogP contribution < -0.4 is 0 Å². The summed E-state index contributed by atoms with van der Waals surface area (Å²) in [6.45, 7) is 0. The van der Waals surface area contributed by atoms with E-state index in [0.717, 1.165) is 0 Å². The van der Waals surface area contributed by atoms with Gasteiger partial charge in [-0.1, -0.05) is 23.2 Å². The van der Waals surface area contributed by atoms with E-state index in [1.54, 1.807) is 0 Å². The lowest BCUT2D eigenvalue weighted by Gasteiger charge is -2.40. The molecule has 0 amide bonds. The summed E-state index contributed by atoms with van der Waals surface area (Å²) < 4.78 is 10.9. The van der Waals surface area contributed by atoms with Crippen LogP contribution in [0.5, 0.6) is 0 Å². The van der Waals surface area contributed by atoms with Gasteiger partial charge in [-0.3, -0.25) is 9.59 Å². The van der Waals surface area contributed by atoms with Crippen molar-refractivity contribution in [2.24, 2.45) is 11.8 Å². The minimum absolute atomic E-state index is 0.0257. The van der Waals surface area contributed by atoms with Gasteiger partial charge in [0.2, 0.25) is 5.79 Å². The Bertz CT molecular complexity index is 576. The summed E-state index contributed by atoms with van der Waals surface area (Å²) in [6.07, 6.45) is 2.34. The second-order valence-corrected chi connectivity index (χ2v) is 7.12. The van der Waals surface area contributed by atoms with Crippen LogP contribution in [0.4, 0.5) is 0 Å². The highest BCUT2D eigenvalue weighted by Crippen LogP contribution is 2.74. The lowest BCUT2D eigenvalue weighted by Crippen LogP contribution is -2.58. The molecule has 0 aromatic heterocycles. The fraction of sp³-hybridized carbons (Fsp3) is 0.538. The molecule has 2 bridgehead atoms. The molecule has 3 rings (SSSR count). The SMILES string of the molecule is COC1(OC)C2(Cl)C(Cl)=C(Cl)C1(Cl)C1C(=O)C=CC(=O)C12. The van der Waals surface area contributed by atoms with Crippen molar-refractivity contribution in [3.05, 3.63) is 22.2 Å². The standard InChI is InChI=1S/C13H10Cl4O4/c1-20-13(21-2)11(16)7-5(18)3-4-6(19)8(7)12(13,17)10(15)9(11)14/h3-4,7-8H,1-2H3. The number of hydrogen-bond acceptors (Lipinski definition) is 4. The van der Waals surface area contributed by atoms with Gasteiger partial charge in [-0.2, -0.15) is 0 Å². The van der Waals surface area contributed by atoms with Gasteiger partial charge < -0.3 is 9.47 Å². The number of allylic oxidation sites excluding steroid dienone is 2. The van der Waals surface area contributed by atoms with Gasteiger partial charge in [-0.25, -0.2) is 0 Å². The minimum atomic E-state index is -1.72. The lowest BCUT2D eigenvalue weighted by atomic mass is 9.74. The molecule has 114 valence electrons. The number of hydrogen-bond donors (Lipinski definition) is 0. The molecular formula is C13H10Cl4O4. The van der Waals surface area contributed by atoms with Crippen LogP contribution in [0, 0.1) is 11.8 Å². The maximum absolute atomic E-state index is 12.3. The Balaban J connectivity index is 2.39. The van der Waals surface area contributed by atoms with Crippen LogP contribution in [0.3, 0.4) is 0 Å². The Morgan fingerprint density at radius 2 is 1.24 bits per heavy atom. The van der Waals surface area contributed by atoms with Crippen LogP contribution in [0.1, 0.15) is 0 Å². The number of methoxy groups -OCH3 is 2. The highest BCUT2D eigenvalue weighted by atomic mass is 35.5. The third-order valence-electron chi connectivity index (χ3n) is 4.58. The Kier molecular flexibility index (Phi) is 3.36. The molecule has 0 radical (unpaired) electrons. The monoisotopic (exact) mass is 370 g/mol. The highest BCUT2D eigenvalue weighted by molar-refractivity contribution is 6.53. The van der Waals surface area contributed by atoms with Crippen LogP contribution in [0.15, 0.2) is 22.2 Å². The van der Waals surface area contributed by atoms with Crippen LogP contribution >= 0.6 is 46.4 Å². The fourth-order valence-corrected chi connectivity index (χ4v) is 5.97. The van der Waals surface area contributed by atoms with Gasteiger partial charge in [0.1, 0.15) is 9.75 Å². The Labute approximate surface area is 140 Å². The zero-order valence-corrected chi connectivity index (χ0v) is 14.0. The first-order valence-electron chi connectivity index (χ1n) is 6.04. The number of alkyl halides is 2. The van der Waals surface area contributed by atoms with Crippen molar-refractivity contribution >= 4 is 58.0 Å². The van der Waals surface area contributed by atoms with E-state index in [-0.39, 0.29) is 21.6 Å². The summed E-state index contributed by atoms with van der Waals surface area (Å²) in [4.78, 5) is 21.3. The number of ether oxygens (including phenoxy) is 2. The average molecular weight is 372 g/mol. The third kappa shape index (κ3) is 1.34. The second kappa shape index (κ2) is 4.47. The van der Waals surface area contributed by atoms with Crippen molar-refractivity contribution in [1.82, 2.24) is 0 Å². The first-order valence-corrected chi connectivity index (χ1v) is 7.55. The molecule has 0 N–H and O–H groups in total. The van der Waals surface area contributed by atoms with Gasteiger partial charge in [0, 0.05) is 14.2 Å².